The number of aryl methyl sites for hydroxylation is 2. The molecule has 0 saturated carbocycles. The third-order valence-electron chi connectivity index (χ3n) is 5.38. The summed E-state index contributed by atoms with van der Waals surface area (Å²) in [6, 6.07) is 18.4. The number of phenolic OH excluding ortho intramolecular Hbond substituents is 1. The minimum absolute atomic E-state index is 0.307. The Hall–Kier alpha value is -2.92. The Morgan fingerprint density at radius 3 is 2.66 bits per heavy atom. The number of piperidine rings is 1. The molecule has 2 aromatic carbocycles. The van der Waals surface area contributed by atoms with Gasteiger partial charge in [0.15, 0.2) is 0 Å². The van der Waals surface area contributed by atoms with Crippen LogP contribution in [0.5, 0.6) is 5.75 Å². The number of aromatic nitrogens is 2. The van der Waals surface area contributed by atoms with Crippen LogP contribution in [0.15, 0.2) is 60.8 Å². The highest BCUT2D eigenvalue weighted by molar-refractivity contribution is 5.65. The molecule has 0 bridgehead atoms. The molecule has 1 aliphatic heterocycles. The van der Waals surface area contributed by atoms with Gasteiger partial charge in [-0.3, -0.25) is 0 Å². The van der Waals surface area contributed by atoms with Crippen LogP contribution in [0, 0.1) is 0 Å². The molecule has 3 N–H and O–H groups in total. The molecular formula is C24H28N4O. The molecule has 2 heterocycles. The first-order valence-corrected chi connectivity index (χ1v) is 10.4. The van der Waals surface area contributed by atoms with E-state index in [0.29, 0.717) is 11.8 Å². The molecule has 1 aliphatic rings. The number of anilines is 1. The van der Waals surface area contributed by atoms with Crippen molar-refractivity contribution in [1.82, 2.24) is 15.3 Å². The van der Waals surface area contributed by atoms with Gasteiger partial charge in [0.2, 0.25) is 0 Å². The zero-order chi connectivity index (χ0) is 19.9. The summed E-state index contributed by atoms with van der Waals surface area (Å²) in [6.45, 7) is 2.16. The van der Waals surface area contributed by atoms with Crippen LogP contribution in [-0.4, -0.2) is 34.2 Å². The molecule has 1 saturated heterocycles. The Balaban J connectivity index is 1.38. The van der Waals surface area contributed by atoms with Crippen LogP contribution in [0.1, 0.15) is 30.7 Å². The topological polar surface area (TPSA) is 70.1 Å². The Bertz CT molecular complexity index is 920. The zero-order valence-corrected chi connectivity index (χ0v) is 16.6. The molecule has 3 aromatic rings. The van der Waals surface area contributed by atoms with Crippen LogP contribution in [-0.2, 0) is 12.8 Å². The Kier molecular flexibility index (Phi) is 6.37. The molecule has 5 nitrogen and oxygen atoms in total. The summed E-state index contributed by atoms with van der Waals surface area (Å²) in [5, 5.41) is 16.4. The SMILES string of the molecule is Oc1ccc(CCCc2nccc(-c3cccc(NC4CCNCC4)c3)n2)cc1. The second-order valence-electron chi connectivity index (χ2n) is 7.63. The molecule has 0 aliphatic carbocycles. The number of phenols is 1. The van der Waals surface area contributed by atoms with E-state index in [2.05, 4.69) is 39.9 Å². The van der Waals surface area contributed by atoms with Crippen molar-refractivity contribution in [2.24, 2.45) is 0 Å². The van der Waals surface area contributed by atoms with E-state index in [9.17, 15) is 5.11 Å². The predicted octanol–water partition coefficient (Wildman–Crippen LogP) is 4.19. The molecule has 0 amide bonds. The van der Waals surface area contributed by atoms with Crippen molar-refractivity contribution in [1.29, 1.82) is 0 Å². The summed E-state index contributed by atoms with van der Waals surface area (Å²) in [7, 11) is 0. The molecule has 29 heavy (non-hydrogen) atoms. The molecule has 5 heteroatoms. The number of nitrogens with one attached hydrogen (secondary N) is 2. The van der Waals surface area contributed by atoms with E-state index in [1.54, 1.807) is 12.1 Å². The average molecular weight is 389 g/mol. The molecule has 0 atom stereocenters. The van der Waals surface area contributed by atoms with Gasteiger partial charge in [-0.15, -0.1) is 0 Å². The number of hydrogen-bond donors (Lipinski definition) is 3. The highest BCUT2D eigenvalue weighted by Gasteiger charge is 2.13. The lowest BCUT2D eigenvalue weighted by molar-refractivity contribution is 0.475. The summed E-state index contributed by atoms with van der Waals surface area (Å²) < 4.78 is 0. The summed E-state index contributed by atoms with van der Waals surface area (Å²) in [4.78, 5) is 9.24. The van der Waals surface area contributed by atoms with Crippen LogP contribution in [0.2, 0.25) is 0 Å². The van der Waals surface area contributed by atoms with E-state index in [-0.39, 0.29) is 0 Å². The van der Waals surface area contributed by atoms with Crippen LogP contribution in [0.3, 0.4) is 0 Å². The molecule has 0 spiro atoms. The van der Waals surface area contributed by atoms with E-state index in [1.807, 2.05) is 24.4 Å². The average Bonchev–Trinajstić information content (AvgIpc) is 2.76. The maximum atomic E-state index is 9.38. The van der Waals surface area contributed by atoms with Crippen molar-refractivity contribution in [2.75, 3.05) is 18.4 Å². The minimum Gasteiger partial charge on any atom is -0.508 e. The third-order valence-corrected chi connectivity index (χ3v) is 5.38. The second kappa shape index (κ2) is 9.52. The van der Waals surface area contributed by atoms with E-state index in [4.69, 9.17) is 4.98 Å². The minimum atomic E-state index is 0.307. The van der Waals surface area contributed by atoms with Gasteiger partial charge in [0, 0.05) is 29.9 Å². The smallest absolute Gasteiger partial charge is 0.128 e. The van der Waals surface area contributed by atoms with Gasteiger partial charge < -0.3 is 15.7 Å². The van der Waals surface area contributed by atoms with Crippen molar-refractivity contribution in [3.8, 4) is 17.0 Å². The summed E-state index contributed by atoms with van der Waals surface area (Å²) >= 11 is 0. The van der Waals surface area contributed by atoms with Gasteiger partial charge in [-0.25, -0.2) is 9.97 Å². The largest absolute Gasteiger partial charge is 0.508 e. The molecule has 1 fully saturated rings. The lowest BCUT2D eigenvalue weighted by Gasteiger charge is -2.24. The molecule has 0 unspecified atom stereocenters. The van der Waals surface area contributed by atoms with Crippen molar-refractivity contribution < 1.29 is 5.11 Å². The van der Waals surface area contributed by atoms with Gasteiger partial charge in [-0.2, -0.15) is 0 Å². The van der Waals surface area contributed by atoms with Crippen LogP contribution < -0.4 is 10.6 Å². The summed E-state index contributed by atoms with van der Waals surface area (Å²) in [5.74, 6) is 1.18. The number of rotatable bonds is 7. The highest BCUT2D eigenvalue weighted by atomic mass is 16.3. The molecule has 1 aromatic heterocycles. The summed E-state index contributed by atoms with van der Waals surface area (Å²) in [5.41, 5.74) is 4.46. The zero-order valence-electron chi connectivity index (χ0n) is 16.6. The first-order chi connectivity index (χ1) is 14.3. The summed E-state index contributed by atoms with van der Waals surface area (Å²) in [6.07, 6.45) is 6.92. The van der Waals surface area contributed by atoms with Crippen LogP contribution >= 0.6 is 0 Å². The van der Waals surface area contributed by atoms with Crippen molar-refractivity contribution >= 4 is 5.69 Å². The maximum Gasteiger partial charge on any atom is 0.128 e. The van der Waals surface area contributed by atoms with Gasteiger partial charge >= 0.3 is 0 Å². The fourth-order valence-corrected chi connectivity index (χ4v) is 3.76. The molecule has 0 radical (unpaired) electrons. The van der Waals surface area contributed by atoms with Crippen molar-refractivity contribution in [3.63, 3.8) is 0 Å². The molecule has 150 valence electrons. The van der Waals surface area contributed by atoms with Crippen LogP contribution in [0.25, 0.3) is 11.3 Å². The van der Waals surface area contributed by atoms with E-state index < -0.39 is 0 Å². The van der Waals surface area contributed by atoms with Gasteiger partial charge in [0.25, 0.3) is 0 Å². The Morgan fingerprint density at radius 2 is 1.83 bits per heavy atom. The van der Waals surface area contributed by atoms with Gasteiger partial charge in [0.1, 0.15) is 11.6 Å². The predicted molar refractivity (Wildman–Crippen MR) is 117 cm³/mol. The number of aromatic hydroxyl groups is 1. The molecular weight excluding hydrogens is 360 g/mol. The Labute approximate surface area is 172 Å². The standard InChI is InChI=1S/C24H28N4O/c29-22-9-7-18(8-10-22)3-1-6-24-26-16-13-23(28-24)19-4-2-5-21(17-19)27-20-11-14-25-15-12-20/h2,4-5,7-10,13,16-17,20,25,27,29H,1,3,6,11-12,14-15H2. The van der Waals surface area contributed by atoms with Crippen LogP contribution in [0.4, 0.5) is 5.69 Å². The Morgan fingerprint density at radius 1 is 1.00 bits per heavy atom. The maximum absolute atomic E-state index is 9.38. The van der Waals surface area contributed by atoms with E-state index in [1.165, 1.54) is 5.56 Å². The lowest BCUT2D eigenvalue weighted by atomic mass is 10.1. The van der Waals surface area contributed by atoms with Gasteiger partial charge in [-0.1, -0.05) is 24.3 Å². The number of hydrogen-bond acceptors (Lipinski definition) is 5. The van der Waals surface area contributed by atoms with Gasteiger partial charge in [-0.05, 0) is 74.7 Å². The monoisotopic (exact) mass is 388 g/mol. The number of nitrogens with zero attached hydrogens (tertiary/aromatic N) is 2. The van der Waals surface area contributed by atoms with E-state index in [0.717, 1.165) is 68.0 Å². The first-order valence-electron chi connectivity index (χ1n) is 10.4. The second-order valence-corrected chi connectivity index (χ2v) is 7.63. The number of benzene rings is 2. The highest BCUT2D eigenvalue weighted by Crippen LogP contribution is 2.22. The van der Waals surface area contributed by atoms with E-state index >= 15 is 0 Å². The fraction of sp³-hybridized carbons (Fsp3) is 0.333. The van der Waals surface area contributed by atoms with Crippen molar-refractivity contribution in [2.45, 2.75) is 38.1 Å². The van der Waals surface area contributed by atoms with Crippen molar-refractivity contribution in [3.05, 3.63) is 72.2 Å². The quantitative estimate of drug-likeness (QED) is 0.566. The third kappa shape index (κ3) is 5.55. The van der Waals surface area contributed by atoms with Gasteiger partial charge in [0.05, 0.1) is 5.69 Å². The fourth-order valence-electron chi connectivity index (χ4n) is 3.76. The lowest BCUT2D eigenvalue weighted by Crippen LogP contribution is -2.35. The normalized spacial score (nSPS) is 14.6. The first kappa shape index (κ1) is 19.4. The molecule has 4 rings (SSSR count).